The maximum Gasteiger partial charge on any atom is 0.306 e. The molecule has 0 saturated carbocycles. The van der Waals surface area contributed by atoms with Crippen LogP contribution in [0.2, 0.25) is 0 Å². The van der Waals surface area contributed by atoms with Gasteiger partial charge in [0.1, 0.15) is 6.10 Å². The maximum absolute atomic E-state index is 11.7. The number of hydrogen-bond donors (Lipinski definition) is 2. The lowest BCUT2D eigenvalue weighted by molar-refractivity contribution is -0.162. The van der Waals surface area contributed by atoms with Gasteiger partial charge in [-0.05, 0) is 13.3 Å². The highest BCUT2D eigenvalue weighted by Crippen LogP contribution is 2.13. The van der Waals surface area contributed by atoms with Gasteiger partial charge in [-0.2, -0.15) is 0 Å². The Labute approximate surface area is 159 Å². The molecule has 0 aliphatic carbocycles. The smallest absolute Gasteiger partial charge is 0.306 e. The zero-order valence-corrected chi connectivity index (χ0v) is 16.9. The van der Waals surface area contributed by atoms with E-state index in [0.29, 0.717) is 0 Å². The molecule has 0 fully saturated rings. The van der Waals surface area contributed by atoms with Crippen LogP contribution in [0.15, 0.2) is 0 Å². The first-order valence-electron chi connectivity index (χ1n) is 10.5. The molecule has 0 bridgehead atoms. The van der Waals surface area contributed by atoms with Crippen LogP contribution in [0.3, 0.4) is 0 Å². The van der Waals surface area contributed by atoms with Gasteiger partial charge < -0.3 is 14.9 Å². The van der Waals surface area contributed by atoms with Gasteiger partial charge in [0.05, 0.1) is 6.61 Å². The first-order valence-corrected chi connectivity index (χ1v) is 10.5. The number of carbonyl (C=O) groups excluding carboxylic acids is 2. The van der Waals surface area contributed by atoms with Gasteiger partial charge in [0, 0.05) is 6.42 Å². The van der Waals surface area contributed by atoms with Gasteiger partial charge >= 0.3 is 5.97 Å². The van der Waals surface area contributed by atoms with Crippen molar-refractivity contribution in [2.24, 2.45) is 0 Å². The fourth-order valence-corrected chi connectivity index (χ4v) is 3.02. The standard InChI is InChI=1S/C21H40O5/c1-3-4-5-6-7-8-9-10-11-12-13-14-15-16-20(25)26-21(18(2)23)19(24)17-22/h19,21-22,24H,3-17H2,1-2H3. The lowest BCUT2D eigenvalue weighted by atomic mass is 10.0. The third-order valence-corrected chi connectivity index (χ3v) is 4.68. The van der Waals surface area contributed by atoms with E-state index in [4.69, 9.17) is 9.84 Å². The molecule has 26 heavy (non-hydrogen) atoms. The number of esters is 1. The molecule has 0 aliphatic rings. The molecular weight excluding hydrogens is 332 g/mol. The molecule has 2 atom stereocenters. The van der Waals surface area contributed by atoms with E-state index in [1.165, 1.54) is 71.1 Å². The Morgan fingerprint density at radius 2 is 1.23 bits per heavy atom. The third-order valence-electron chi connectivity index (χ3n) is 4.68. The molecular formula is C21H40O5. The van der Waals surface area contributed by atoms with Crippen molar-refractivity contribution >= 4 is 11.8 Å². The fourth-order valence-electron chi connectivity index (χ4n) is 3.02. The number of Topliss-reactive ketones (excluding diaryl/α,β-unsaturated/α-hetero) is 1. The highest BCUT2D eigenvalue weighted by atomic mass is 16.6. The Bertz CT molecular complexity index is 356. The van der Waals surface area contributed by atoms with Crippen LogP contribution in [-0.4, -0.2) is 40.8 Å². The van der Waals surface area contributed by atoms with E-state index >= 15 is 0 Å². The fraction of sp³-hybridized carbons (Fsp3) is 0.905. The van der Waals surface area contributed by atoms with Gasteiger partial charge in [0.2, 0.25) is 0 Å². The SMILES string of the molecule is CCCCCCCCCCCCCCCC(=O)OC(C(C)=O)C(O)CO. The van der Waals surface area contributed by atoms with Crippen molar-refractivity contribution in [3.05, 3.63) is 0 Å². The average molecular weight is 373 g/mol. The molecule has 5 heteroatoms. The van der Waals surface area contributed by atoms with Crippen LogP contribution in [0.5, 0.6) is 0 Å². The summed E-state index contributed by atoms with van der Waals surface area (Å²) in [5.74, 6) is -0.939. The maximum atomic E-state index is 11.7. The lowest BCUT2D eigenvalue weighted by Crippen LogP contribution is -2.39. The first-order chi connectivity index (χ1) is 12.5. The van der Waals surface area contributed by atoms with Gasteiger partial charge in [0.15, 0.2) is 11.9 Å². The second kappa shape index (κ2) is 17.5. The Kier molecular flexibility index (Phi) is 16.8. The van der Waals surface area contributed by atoms with Gasteiger partial charge in [-0.25, -0.2) is 0 Å². The molecule has 2 N–H and O–H groups in total. The average Bonchev–Trinajstić information content (AvgIpc) is 2.62. The summed E-state index contributed by atoms with van der Waals surface area (Å²) in [4.78, 5) is 23.0. The number of ether oxygens (including phenoxy) is 1. The van der Waals surface area contributed by atoms with Crippen molar-refractivity contribution in [1.82, 2.24) is 0 Å². The van der Waals surface area contributed by atoms with Crippen molar-refractivity contribution in [2.45, 2.75) is 116 Å². The number of carbonyl (C=O) groups is 2. The molecule has 0 spiro atoms. The van der Waals surface area contributed by atoms with Crippen molar-refractivity contribution in [3.63, 3.8) is 0 Å². The van der Waals surface area contributed by atoms with Crippen LogP contribution >= 0.6 is 0 Å². The quantitative estimate of drug-likeness (QED) is 0.276. The monoisotopic (exact) mass is 372 g/mol. The minimum Gasteiger partial charge on any atom is -0.451 e. The molecule has 0 radical (unpaired) electrons. The van der Waals surface area contributed by atoms with Gasteiger partial charge in [-0.3, -0.25) is 9.59 Å². The van der Waals surface area contributed by atoms with Gasteiger partial charge in [0.25, 0.3) is 0 Å². The van der Waals surface area contributed by atoms with Gasteiger partial charge in [-0.1, -0.05) is 84.0 Å². The van der Waals surface area contributed by atoms with Crippen molar-refractivity contribution in [1.29, 1.82) is 0 Å². The lowest BCUT2D eigenvalue weighted by Gasteiger charge is -2.19. The third kappa shape index (κ3) is 14.3. The van der Waals surface area contributed by atoms with Gasteiger partial charge in [-0.15, -0.1) is 0 Å². The van der Waals surface area contributed by atoms with E-state index < -0.39 is 30.6 Å². The zero-order chi connectivity index (χ0) is 19.6. The number of hydrogen-bond acceptors (Lipinski definition) is 5. The predicted molar refractivity (Wildman–Crippen MR) is 104 cm³/mol. The summed E-state index contributed by atoms with van der Waals surface area (Å²) in [6.45, 7) is 2.88. The second-order valence-corrected chi connectivity index (χ2v) is 7.26. The van der Waals surface area contributed by atoms with E-state index in [1.807, 2.05) is 0 Å². The molecule has 0 aromatic rings. The molecule has 2 unspecified atom stereocenters. The Hall–Kier alpha value is -0.940. The molecule has 0 saturated heterocycles. The van der Waals surface area contributed by atoms with Crippen LogP contribution < -0.4 is 0 Å². The highest BCUT2D eigenvalue weighted by Gasteiger charge is 2.26. The topological polar surface area (TPSA) is 83.8 Å². The molecule has 0 aromatic heterocycles. The van der Waals surface area contributed by atoms with Crippen molar-refractivity contribution in [3.8, 4) is 0 Å². The zero-order valence-electron chi connectivity index (χ0n) is 16.9. The summed E-state index contributed by atoms with van der Waals surface area (Å²) in [7, 11) is 0. The molecule has 5 nitrogen and oxygen atoms in total. The van der Waals surface area contributed by atoms with Crippen molar-refractivity contribution in [2.75, 3.05) is 6.61 Å². The molecule has 0 aliphatic heterocycles. The molecule has 0 rings (SSSR count). The minimum atomic E-state index is -1.34. The van der Waals surface area contributed by atoms with Crippen molar-refractivity contribution < 1.29 is 24.5 Å². The summed E-state index contributed by atoms with van der Waals surface area (Å²) in [5, 5.41) is 18.3. The van der Waals surface area contributed by atoms with E-state index in [2.05, 4.69) is 6.92 Å². The Morgan fingerprint density at radius 1 is 0.808 bits per heavy atom. The molecule has 0 amide bonds. The van der Waals surface area contributed by atoms with E-state index in [-0.39, 0.29) is 6.42 Å². The minimum absolute atomic E-state index is 0.250. The number of ketones is 1. The first kappa shape index (κ1) is 25.1. The van der Waals surface area contributed by atoms with Crippen LogP contribution in [0.1, 0.15) is 104 Å². The molecule has 0 heterocycles. The Morgan fingerprint density at radius 3 is 1.62 bits per heavy atom. The summed E-state index contributed by atoms with van der Waals surface area (Å²) < 4.78 is 4.97. The Balaban J connectivity index is 3.49. The van der Waals surface area contributed by atoms with E-state index in [9.17, 15) is 14.7 Å². The number of unbranched alkanes of at least 4 members (excludes halogenated alkanes) is 12. The normalized spacial score (nSPS) is 13.4. The summed E-state index contributed by atoms with van der Waals surface area (Å²) in [6.07, 6.45) is 13.7. The highest BCUT2D eigenvalue weighted by molar-refractivity contribution is 5.84. The van der Waals surface area contributed by atoms with Crippen LogP contribution in [0.4, 0.5) is 0 Å². The number of aliphatic hydroxyl groups is 2. The number of aliphatic hydroxyl groups excluding tert-OH is 2. The van der Waals surface area contributed by atoms with Crippen LogP contribution in [-0.2, 0) is 14.3 Å². The largest absolute Gasteiger partial charge is 0.451 e. The second-order valence-electron chi connectivity index (χ2n) is 7.26. The van der Waals surface area contributed by atoms with E-state index in [0.717, 1.165) is 19.3 Å². The van der Waals surface area contributed by atoms with E-state index in [1.54, 1.807) is 0 Å². The predicted octanol–water partition coefficient (Wildman–Crippen LogP) is 4.32. The summed E-state index contributed by atoms with van der Waals surface area (Å²) in [6, 6.07) is 0. The van der Waals surface area contributed by atoms with Crippen LogP contribution in [0, 0.1) is 0 Å². The summed E-state index contributed by atoms with van der Waals surface area (Å²) >= 11 is 0. The molecule has 0 aromatic carbocycles. The molecule has 154 valence electrons. The number of rotatable bonds is 18. The van der Waals surface area contributed by atoms with Crippen LogP contribution in [0.25, 0.3) is 0 Å². The summed E-state index contributed by atoms with van der Waals surface area (Å²) in [5.41, 5.74) is 0.